The smallest absolute Gasteiger partial charge is 0.172 e. The van der Waals surface area contributed by atoms with Crippen LogP contribution in [0.15, 0.2) is 59.9 Å². The van der Waals surface area contributed by atoms with Crippen LogP contribution in [0, 0.1) is 0 Å². The Morgan fingerprint density at radius 1 is 1.02 bits per heavy atom. The molecule has 2 aliphatic heterocycles. The summed E-state index contributed by atoms with van der Waals surface area (Å²) >= 11 is 0. The van der Waals surface area contributed by atoms with Crippen LogP contribution >= 0.6 is 0 Å². The first-order valence-corrected chi connectivity index (χ1v) is 14.8. The summed E-state index contributed by atoms with van der Waals surface area (Å²) < 4.78 is 31.9. The summed E-state index contributed by atoms with van der Waals surface area (Å²) in [5.74, 6) is 1.13. The summed E-state index contributed by atoms with van der Waals surface area (Å²) in [6.45, 7) is 10.8. The molecule has 0 N–H and O–H groups in total. The number of fused-ring (bicyclic) bond motifs is 2. The molecule has 4 nitrogen and oxygen atoms in total. The van der Waals surface area contributed by atoms with Crippen molar-refractivity contribution in [2.24, 2.45) is 0 Å². The van der Waals surface area contributed by atoms with Crippen molar-refractivity contribution in [3.05, 3.63) is 82.1 Å². The predicted octanol–water partition coefficient (Wildman–Crippen LogP) is 7.88. The van der Waals surface area contributed by atoms with Gasteiger partial charge in [-0.2, -0.15) is 0 Å². The molecule has 2 heterocycles. The molecule has 0 amide bonds. The average molecular weight is 549 g/mol. The second-order valence-corrected chi connectivity index (χ2v) is 11.3. The van der Waals surface area contributed by atoms with Gasteiger partial charge in [0.1, 0.15) is 6.10 Å². The summed E-state index contributed by atoms with van der Waals surface area (Å²) in [5.41, 5.74) is 10.0. The van der Waals surface area contributed by atoms with Gasteiger partial charge in [0.05, 0.1) is 12.4 Å². The van der Waals surface area contributed by atoms with Crippen molar-refractivity contribution in [3.63, 3.8) is 0 Å². The van der Waals surface area contributed by atoms with E-state index in [4.69, 9.17) is 4.74 Å². The number of rotatable bonds is 10. The molecule has 0 radical (unpaired) electrons. The molecule has 6 heteroatoms. The number of likely N-dealkylation sites (tertiary alicyclic amines) is 1. The highest BCUT2D eigenvalue weighted by molar-refractivity contribution is 5.99. The molecule has 0 aromatic heterocycles. The predicted molar refractivity (Wildman–Crippen MR) is 160 cm³/mol. The van der Waals surface area contributed by atoms with Gasteiger partial charge < -0.3 is 9.64 Å². The third kappa shape index (κ3) is 6.27. The Bertz CT molecular complexity index is 1300. The van der Waals surface area contributed by atoms with Crippen molar-refractivity contribution in [3.8, 4) is 5.75 Å². The third-order valence-corrected chi connectivity index (χ3v) is 8.56. The molecule has 1 saturated heterocycles. The fourth-order valence-corrected chi connectivity index (χ4v) is 6.54. The number of likely N-dealkylation sites (N-methyl/N-ethyl adjacent to an activating group) is 1. The van der Waals surface area contributed by atoms with Gasteiger partial charge in [-0.3, -0.25) is 14.2 Å². The van der Waals surface area contributed by atoms with E-state index in [-0.39, 0.29) is 18.5 Å². The van der Waals surface area contributed by atoms with Crippen molar-refractivity contribution in [1.29, 1.82) is 0 Å². The average Bonchev–Trinajstić information content (AvgIpc) is 3.55. The molecule has 1 fully saturated rings. The standard InChI is InChI=1S/C34H42F2N2O2/c1-4-38-20-15-28-21-27(11-14-33(28)38)31-8-5-7-26-22-29(40-36)12-13-32(26)34(31)24(2)9-10-25(3)39-30-16-19-37(23-30)18-6-17-35/h9-14,21-22,30H,4-8,15-20,23H2,1-3H3/b24-9+,25-10+/t30-/m0/s1. The van der Waals surface area contributed by atoms with E-state index in [0.29, 0.717) is 6.42 Å². The largest absolute Gasteiger partial charge is 0.494 e. The first-order valence-electron chi connectivity index (χ1n) is 14.8. The molecule has 1 atom stereocenters. The number of ether oxygens (including phenoxy) is 1. The zero-order valence-electron chi connectivity index (χ0n) is 24.1. The van der Waals surface area contributed by atoms with Crippen LogP contribution in [0.5, 0.6) is 5.75 Å². The van der Waals surface area contributed by atoms with Crippen molar-refractivity contribution in [1.82, 2.24) is 4.90 Å². The molecule has 0 bridgehead atoms. The molecule has 0 spiro atoms. The Balaban J connectivity index is 1.47. The van der Waals surface area contributed by atoms with Crippen LogP contribution in [-0.2, 0) is 17.6 Å². The van der Waals surface area contributed by atoms with E-state index >= 15 is 0 Å². The normalized spacial score (nSPS) is 20.0. The first-order chi connectivity index (χ1) is 19.5. The van der Waals surface area contributed by atoms with Gasteiger partial charge in [0, 0.05) is 42.9 Å². The van der Waals surface area contributed by atoms with E-state index in [1.165, 1.54) is 28.0 Å². The van der Waals surface area contributed by atoms with Crippen LogP contribution in [0.1, 0.15) is 68.7 Å². The quantitative estimate of drug-likeness (QED) is 0.223. The van der Waals surface area contributed by atoms with Gasteiger partial charge in [-0.05, 0) is 129 Å². The maximum atomic E-state index is 13.1. The van der Waals surface area contributed by atoms with Gasteiger partial charge in [0.2, 0.25) is 0 Å². The maximum absolute atomic E-state index is 13.1. The van der Waals surface area contributed by atoms with Crippen LogP contribution in [0.2, 0.25) is 0 Å². The number of aryl methyl sites for hydroxylation is 1. The van der Waals surface area contributed by atoms with E-state index in [1.54, 1.807) is 6.07 Å². The summed E-state index contributed by atoms with van der Waals surface area (Å²) in [4.78, 5) is 8.81. The van der Waals surface area contributed by atoms with Crippen molar-refractivity contribution in [2.75, 3.05) is 44.3 Å². The lowest BCUT2D eigenvalue weighted by Crippen LogP contribution is -2.24. The molecular formula is C34H42F2N2O2. The number of alkyl halides is 1. The number of hydrogen-bond acceptors (Lipinski definition) is 4. The number of halogens is 2. The summed E-state index contributed by atoms with van der Waals surface area (Å²) in [7, 11) is 0. The summed E-state index contributed by atoms with van der Waals surface area (Å²) in [6, 6.07) is 12.5. The Morgan fingerprint density at radius 3 is 2.70 bits per heavy atom. The Kier molecular flexibility index (Phi) is 9.25. The highest BCUT2D eigenvalue weighted by Crippen LogP contribution is 2.42. The van der Waals surface area contributed by atoms with Gasteiger partial charge in [0.15, 0.2) is 5.75 Å². The Hall–Kier alpha value is -3.12. The molecule has 40 heavy (non-hydrogen) atoms. The zero-order valence-corrected chi connectivity index (χ0v) is 24.1. The number of anilines is 1. The van der Waals surface area contributed by atoms with Gasteiger partial charge in [0.25, 0.3) is 0 Å². The molecule has 0 unspecified atom stereocenters. The van der Waals surface area contributed by atoms with Crippen LogP contribution in [0.4, 0.5) is 14.6 Å². The first kappa shape index (κ1) is 28.4. The zero-order chi connectivity index (χ0) is 28.1. The SMILES string of the molecule is CCN1CCc2cc(C3=C(/C(C)=C/C=C(\C)O[C@H]4CCN(CCCF)C4)c4ccc(OF)cc4CCC3)ccc21. The number of benzene rings is 2. The Morgan fingerprint density at radius 2 is 1.90 bits per heavy atom. The minimum Gasteiger partial charge on any atom is -0.494 e. The molecule has 214 valence electrons. The van der Waals surface area contributed by atoms with Gasteiger partial charge >= 0.3 is 0 Å². The topological polar surface area (TPSA) is 24.9 Å². The lowest BCUT2D eigenvalue weighted by molar-refractivity contribution is -0.00629. The number of nitrogens with zero attached hydrogens (tertiary/aromatic N) is 2. The maximum Gasteiger partial charge on any atom is 0.172 e. The van der Waals surface area contributed by atoms with E-state index < -0.39 is 0 Å². The Labute approximate surface area is 237 Å². The number of hydrogen-bond donors (Lipinski definition) is 0. The molecule has 2 aromatic rings. The van der Waals surface area contributed by atoms with E-state index in [1.807, 2.05) is 19.1 Å². The lowest BCUT2D eigenvalue weighted by atomic mass is 9.87. The highest BCUT2D eigenvalue weighted by Gasteiger charge is 2.25. The van der Waals surface area contributed by atoms with Crippen LogP contribution in [0.3, 0.4) is 0 Å². The van der Waals surface area contributed by atoms with Crippen LogP contribution < -0.4 is 9.84 Å². The molecule has 0 saturated carbocycles. The highest BCUT2D eigenvalue weighted by atomic mass is 19.3. The van der Waals surface area contributed by atoms with Gasteiger partial charge in [-0.25, -0.2) is 0 Å². The van der Waals surface area contributed by atoms with E-state index in [2.05, 4.69) is 58.9 Å². The van der Waals surface area contributed by atoms with Crippen molar-refractivity contribution < 1.29 is 18.6 Å². The number of allylic oxidation sites excluding steroid dienone is 6. The molecule has 5 rings (SSSR count). The minimum absolute atomic E-state index is 0.145. The van der Waals surface area contributed by atoms with Gasteiger partial charge in [-0.1, -0.05) is 18.2 Å². The summed E-state index contributed by atoms with van der Waals surface area (Å²) in [6.07, 6.45) is 9.81. The fraction of sp³-hybridized carbons (Fsp3) is 0.471. The molecule has 2 aromatic carbocycles. The second-order valence-electron chi connectivity index (χ2n) is 11.3. The molecular weight excluding hydrogens is 506 g/mol. The van der Waals surface area contributed by atoms with Crippen LogP contribution in [0.25, 0.3) is 11.1 Å². The van der Waals surface area contributed by atoms with Crippen molar-refractivity contribution >= 4 is 16.8 Å². The van der Waals surface area contributed by atoms with Gasteiger partial charge in [-0.15, -0.1) is 0 Å². The minimum atomic E-state index is -0.267. The second kappa shape index (κ2) is 13.0. The summed E-state index contributed by atoms with van der Waals surface area (Å²) in [5, 5.41) is 0. The van der Waals surface area contributed by atoms with Crippen molar-refractivity contribution in [2.45, 2.75) is 65.4 Å². The van der Waals surface area contributed by atoms with E-state index in [9.17, 15) is 8.92 Å². The third-order valence-electron chi connectivity index (χ3n) is 8.56. The fourth-order valence-electron chi connectivity index (χ4n) is 6.54. The molecule has 1 aliphatic carbocycles. The lowest BCUT2D eigenvalue weighted by Gasteiger charge is -2.19. The van der Waals surface area contributed by atoms with E-state index in [0.717, 1.165) is 87.3 Å². The molecule has 3 aliphatic rings. The monoisotopic (exact) mass is 548 g/mol. The van der Waals surface area contributed by atoms with Crippen LogP contribution in [-0.4, -0.2) is 50.4 Å².